The molecule has 1 aliphatic rings. The van der Waals surface area contributed by atoms with Crippen LogP contribution in [0, 0.1) is 0 Å². The van der Waals surface area contributed by atoms with Crippen molar-refractivity contribution in [2.75, 3.05) is 19.5 Å². The first-order chi connectivity index (χ1) is 10.1. The fourth-order valence-electron chi connectivity index (χ4n) is 2.53. The molecule has 1 fully saturated rings. The van der Waals surface area contributed by atoms with Gasteiger partial charge in [-0.2, -0.15) is 0 Å². The molecule has 0 bridgehead atoms. The number of methoxy groups -OCH3 is 1. The van der Waals surface area contributed by atoms with E-state index in [0.29, 0.717) is 0 Å². The molecule has 0 aliphatic carbocycles. The van der Waals surface area contributed by atoms with E-state index in [4.69, 9.17) is 15.2 Å². The van der Waals surface area contributed by atoms with Crippen molar-refractivity contribution in [3.05, 3.63) is 16.7 Å². The Bertz CT molecular complexity index is 713. The van der Waals surface area contributed by atoms with E-state index in [2.05, 4.69) is 15.0 Å². The molecule has 0 aromatic carbocycles. The van der Waals surface area contributed by atoms with Crippen molar-refractivity contribution in [2.45, 2.75) is 24.5 Å². The molecule has 21 heavy (non-hydrogen) atoms. The zero-order valence-electron chi connectivity index (χ0n) is 11.2. The maximum absolute atomic E-state index is 11.8. The number of nitrogens with zero attached hydrogens (tertiary/aromatic N) is 2. The average molecular weight is 298 g/mol. The molecule has 4 atom stereocenters. The number of rotatable bonds is 3. The molecule has 114 valence electrons. The van der Waals surface area contributed by atoms with Crippen molar-refractivity contribution in [1.29, 1.82) is 0 Å². The SMILES string of the molecule is CO[C@@H]1[C@H](O)[C@@H](CO)O[C@H]1[n+]1c[nH]c2c(=O)[nH]c(N)nc21. The van der Waals surface area contributed by atoms with E-state index in [9.17, 15) is 15.0 Å². The predicted molar refractivity (Wildman–Crippen MR) is 69.1 cm³/mol. The monoisotopic (exact) mass is 298 g/mol. The van der Waals surface area contributed by atoms with Crippen molar-refractivity contribution in [2.24, 2.45) is 0 Å². The third-order valence-electron chi connectivity index (χ3n) is 3.55. The van der Waals surface area contributed by atoms with Gasteiger partial charge < -0.3 is 25.4 Å². The predicted octanol–water partition coefficient (Wildman–Crippen LogP) is -2.61. The highest BCUT2D eigenvalue weighted by Gasteiger charge is 2.47. The number of aromatic amines is 2. The quantitative estimate of drug-likeness (QED) is 0.389. The highest BCUT2D eigenvalue weighted by molar-refractivity contribution is 5.65. The summed E-state index contributed by atoms with van der Waals surface area (Å²) in [5.74, 6) is -0.0351. The van der Waals surface area contributed by atoms with Gasteiger partial charge in [0.15, 0.2) is 6.33 Å². The lowest BCUT2D eigenvalue weighted by Crippen LogP contribution is -2.46. The largest absolute Gasteiger partial charge is 0.394 e. The van der Waals surface area contributed by atoms with Crippen LogP contribution < -0.4 is 15.9 Å². The van der Waals surface area contributed by atoms with Gasteiger partial charge in [0.05, 0.1) is 6.61 Å². The Balaban J connectivity index is 2.10. The van der Waals surface area contributed by atoms with E-state index in [1.54, 1.807) is 0 Å². The number of nitrogens with two attached hydrogens (primary N) is 1. The first kappa shape index (κ1) is 13.9. The Morgan fingerprint density at radius 3 is 3.05 bits per heavy atom. The smallest absolute Gasteiger partial charge is 0.313 e. The minimum atomic E-state index is -0.998. The fraction of sp³-hybridized carbons (Fsp3) is 0.545. The third-order valence-corrected chi connectivity index (χ3v) is 3.55. The Hall–Kier alpha value is -2.01. The van der Waals surface area contributed by atoms with E-state index in [0.717, 1.165) is 0 Å². The van der Waals surface area contributed by atoms with Crippen molar-refractivity contribution in [3.8, 4) is 0 Å². The van der Waals surface area contributed by atoms with Crippen LogP contribution in [0.2, 0.25) is 0 Å². The van der Waals surface area contributed by atoms with Gasteiger partial charge >= 0.3 is 5.65 Å². The van der Waals surface area contributed by atoms with E-state index < -0.39 is 30.1 Å². The minimum absolute atomic E-state index is 0.0351. The number of anilines is 1. The van der Waals surface area contributed by atoms with Gasteiger partial charge in [-0.3, -0.25) is 14.8 Å². The number of hydrogen-bond acceptors (Lipinski definition) is 7. The summed E-state index contributed by atoms with van der Waals surface area (Å²) >= 11 is 0. The molecule has 2 aromatic heterocycles. The molecule has 0 unspecified atom stereocenters. The van der Waals surface area contributed by atoms with Gasteiger partial charge in [-0.25, -0.2) is 4.57 Å². The van der Waals surface area contributed by atoms with Crippen LogP contribution in [-0.4, -0.2) is 57.2 Å². The number of hydrogen-bond donors (Lipinski definition) is 5. The number of imidazole rings is 1. The number of nitrogens with one attached hydrogen (secondary N) is 2. The third kappa shape index (κ3) is 2.08. The molecule has 0 radical (unpaired) electrons. The number of aliphatic hydroxyl groups excluding tert-OH is 2. The maximum Gasteiger partial charge on any atom is 0.313 e. The molecule has 3 rings (SSSR count). The first-order valence-corrected chi connectivity index (χ1v) is 6.32. The van der Waals surface area contributed by atoms with Crippen LogP contribution in [0.1, 0.15) is 6.23 Å². The molecule has 2 aromatic rings. The molecule has 0 spiro atoms. The van der Waals surface area contributed by atoms with Crippen molar-refractivity contribution >= 4 is 17.1 Å². The van der Waals surface area contributed by atoms with Gasteiger partial charge in [-0.05, 0) is 0 Å². The number of aromatic nitrogens is 4. The number of ether oxygens (including phenoxy) is 2. The number of nitrogen functional groups attached to an aromatic ring is 1. The van der Waals surface area contributed by atoms with Crippen molar-refractivity contribution in [1.82, 2.24) is 15.0 Å². The highest BCUT2D eigenvalue weighted by Crippen LogP contribution is 2.28. The van der Waals surface area contributed by atoms with Gasteiger partial charge in [0.2, 0.25) is 11.7 Å². The van der Waals surface area contributed by atoms with Gasteiger partial charge in [-0.1, -0.05) is 4.98 Å². The minimum Gasteiger partial charge on any atom is -0.394 e. The van der Waals surface area contributed by atoms with Gasteiger partial charge in [0.25, 0.3) is 11.5 Å². The molecular formula is C11H16N5O5+. The van der Waals surface area contributed by atoms with E-state index in [-0.39, 0.29) is 23.7 Å². The lowest BCUT2D eigenvalue weighted by atomic mass is 10.1. The van der Waals surface area contributed by atoms with E-state index in [1.807, 2.05) is 0 Å². The van der Waals surface area contributed by atoms with Gasteiger partial charge in [0.1, 0.15) is 18.3 Å². The molecule has 1 saturated heterocycles. The molecule has 0 saturated carbocycles. The fourth-order valence-corrected chi connectivity index (χ4v) is 2.53. The Kier molecular flexibility index (Phi) is 3.37. The Labute approximate surface area is 118 Å². The number of fused-ring (bicyclic) bond motifs is 1. The topological polar surface area (TPSA) is 150 Å². The number of aliphatic hydroxyl groups is 2. The van der Waals surface area contributed by atoms with Crippen LogP contribution in [-0.2, 0) is 9.47 Å². The normalized spacial score (nSPS) is 29.3. The second kappa shape index (κ2) is 5.07. The first-order valence-electron chi connectivity index (χ1n) is 6.32. The second-order valence-electron chi connectivity index (χ2n) is 4.77. The van der Waals surface area contributed by atoms with Gasteiger partial charge in [0, 0.05) is 7.11 Å². The van der Waals surface area contributed by atoms with Crippen LogP contribution in [0.3, 0.4) is 0 Å². The van der Waals surface area contributed by atoms with Crippen molar-refractivity contribution < 1.29 is 24.3 Å². The molecule has 10 nitrogen and oxygen atoms in total. The molecule has 6 N–H and O–H groups in total. The summed E-state index contributed by atoms with van der Waals surface area (Å²) in [4.78, 5) is 21.0. The van der Waals surface area contributed by atoms with E-state index >= 15 is 0 Å². The Morgan fingerprint density at radius 2 is 2.38 bits per heavy atom. The molecule has 10 heteroatoms. The second-order valence-corrected chi connectivity index (χ2v) is 4.77. The standard InChI is InChI=1S/C11H15N5O5/c1-20-7-6(18)4(2-17)21-10(7)16-3-13-5-8(16)14-11(12)15-9(5)19/h3-4,6-7,10,17-18H,2H2,1H3,(H3,12,14,15,19)/p+1/t4-,6-,7-,10-/m1/s1. The van der Waals surface area contributed by atoms with Crippen molar-refractivity contribution in [3.63, 3.8) is 0 Å². The molecule has 1 aliphatic heterocycles. The van der Waals surface area contributed by atoms with Crippen LogP contribution in [0.4, 0.5) is 5.95 Å². The molecular weight excluding hydrogens is 282 g/mol. The highest BCUT2D eigenvalue weighted by atomic mass is 16.6. The average Bonchev–Trinajstić information content (AvgIpc) is 2.99. The summed E-state index contributed by atoms with van der Waals surface area (Å²) in [5.41, 5.74) is 5.63. The van der Waals surface area contributed by atoms with Crippen LogP contribution in [0.25, 0.3) is 11.2 Å². The summed E-state index contributed by atoms with van der Waals surface area (Å²) in [7, 11) is 1.42. The number of H-pyrrole nitrogens is 2. The maximum atomic E-state index is 11.8. The lowest BCUT2D eigenvalue weighted by molar-refractivity contribution is -0.745. The molecule has 3 heterocycles. The summed E-state index contributed by atoms with van der Waals surface area (Å²) in [6.07, 6.45) is -1.76. The van der Waals surface area contributed by atoms with Crippen LogP contribution in [0.15, 0.2) is 11.1 Å². The summed E-state index contributed by atoms with van der Waals surface area (Å²) in [5, 5.41) is 19.3. The molecule has 0 amide bonds. The Morgan fingerprint density at radius 1 is 1.62 bits per heavy atom. The summed E-state index contributed by atoms with van der Waals surface area (Å²) in [6, 6.07) is 0. The summed E-state index contributed by atoms with van der Waals surface area (Å²) in [6.45, 7) is -0.351. The van der Waals surface area contributed by atoms with Crippen LogP contribution >= 0.6 is 0 Å². The van der Waals surface area contributed by atoms with Gasteiger partial charge in [-0.15, -0.1) is 0 Å². The van der Waals surface area contributed by atoms with E-state index in [1.165, 1.54) is 18.0 Å². The zero-order valence-corrected chi connectivity index (χ0v) is 11.2. The zero-order chi connectivity index (χ0) is 15.1. The lowest BCUT2D eigenvalue weighted by Gasteiger charge is -2.16. The van der Waals surface area contributed by atoms with Crippen LogP contribution in [0.5, 0.6) is 0 Å². The summed E-state index contributed by atoms with van der Waals surface area (Å²) < 4.78 is 12.3.